The van der Waals surface area contributed by atoms with E-state index in [2.05, 4.69) is 4.98 Å². The van der Waals surface area contributed by atoms with Gasteiger partial charge in [0.05, 0.1) is 11.1 Å². The summed E-state index contributed by atoms with van der Waals surface area (Å²) in [5, 5.41) is 11.6. The highest BCUT2D eigenvalue weighted by atomic mass is 19.1. The van der Waals surface area contributed by atoms with E-state index in [1.807, 2.05) is 39.8 Å². The maximum absolute atomic E-state index is 13.2. The van der Waals surface area contributed by atoms with E-state index in [0.717, 1.165) is 16.6 Å². The molecule has 1 heterocycles. The van der Waals surface area contributed by atoms with Gasteiger partial charge in [0.2, 0.25) is 0 Å². The van der Waals surface area contributed by atoms with Gasteiger partial charge in [-0.2, -0.15) is 0 Å². The Labute approximate surface area is 119 Å². The summed E-state index contributed by atoms with van der Waals surface area (Å²) in [6.07, 6.45) is 0.510. The average molecular weight is 275 g/mol. The van der Waals surface area contributed by atoms with Crippen molar-refractivity contribution < 1.29 is 9.50 Å². The lowest BCUT2D eigenvalue weighted by atomic mass is 9.77. The molecule has 0 amide bonds. The molecule has 0 saturated heterocycles. The zero-order chi connectivity index (χ0) is 14.9. The second-order valence-electron chi connectivity index (χ2n) is 6.12. The van der Waals surface area contributed by atoms with Gasteiger partial charge in [0, 0.05) is 17.5 Å². The second kappa shape index (κ2) is 5.49. The Balaban J connectivity index is 2.36. The molecule has 0 saturated carbocycles. The summed E-state index contributed by atoms with van der Waals surface area (Å²) in [5.41, 5.74) is 0.827. The van der Waals surface area contributed by atoms with Crippen LogP contribution in [0.3, 0.4) is 0 Å². The predicted molar refractivity (Wildman–Crippen MR) is 80.0 cm³/mol. The molecule has 0 fully saturated rings. The van der Waals surface area contributed by atoms with Crippen molar-refractivity contribution in [3.63, 3.8) is 0 Å². The van der Waals surface area contributed by atoms with Gasteiger partial charge in [0.1, 0.15) is 5.82 Å². The maximum atomic E-state index is 13.2. The molecule has 2 nitrogen and oxygen atoms in total. The number of hydrogen-bond acceptors (Lipinski definition) is 2. The third-order valence-corrected chi connectivity index (χ3v) is 4.17. The van der Waals surface area contributed by atoms with Gasteiger partial charge in [-0.25, -0.2) is 4.39 Å². The Kier molecular flexibility index (Phi) is 4.09. The zero-order valence-electron chi connectivity index (χ0n) is 12.5. The third-order valence-electron chi connectivity index (χ3n) is 4.17. The Morgan fingerprint density at radius 2 is 1.75 bits per heavy atom. The molecular formula is C17H22FNO. The van der Waals surface area contributed by atoms with Gasteiger partial charge in [-0.1, -0.05) is 33.8 Å². The molecule has 0 aliphatic carbocycles. The number of aromatic nitrogens is 1. The van der Waals surface area contributed by atoms with Crippen LogP contribution in [0, 0.1) is 17.7 Å². The minimum absolute atomic E-state index is 0.146. The van der Waals surface area contributed by atoms with Crippen molar-refractivity contribution in [3.8, 4) is 0 Å². The van der Waals surface area contributed by atoms with E-state index in [4.69, 9.17) is 0 Å². The van der Waals surface area contributed by atoms with E-state index in [0.29, 0.717) is 6.42 Å². The van der Waals surface area contributed by atoms with E-state index in [9.17, 15) is 9.50 Å². The summed E-state index contributed by atoms with van der Waals surface area (Å²) in [7, 11) is 0. The number of nitrogens with zero attached hydrogens (tertiary/aromatic N) is 1. The molecule has 0 radical (unpaired) electrons. The average Bonchev–Trinajstić information content (AvgIpc) is 2.38. The van der Waals surface area contributed by atoms with E-state index in [1.54, 1.807) is 6.07 Å². The fourth-order valence-electron chi connectivity index (χ4n) is 2.60. The van der Waals surface area contributed by atoms with Gasteiger partial charge in [0.15, 0.2) is 0 Å². The van der Waals surface area contributed by atoms with Crippen LogP contribution in [0.4, 0.5) is 4.39 Å². The molecular weight excluding hydrogens is 253 g/mol. The molecule has 0 spiro atoms. The first kappa shape index (κ1) is 14.9. The van der Waals surface area contributed by atoms with Crippen LogP contribution in [0.15, 0.2) is 30.3 Å². The first-order valence-electron chi connectivity index (χ1n) is 7.10. The third kappa shape index (κ3) is 2.83. The maximum Gasteiger partial charge on any atom is 0.123 e. The summed E-state index contributed by atoms with van der Waals surface area (Å²) in [5.74, 6) is 0.0364. The molecule has 1 aromatic heterocycles. The van der Waals surface area contributed by atoms with Gasteiger partial charge < -0.3 is 5.11 Å². The van der Waals surface area contributed by atoms with Crippen LogP contribution in [-0.2, 0) is 6.42 Å². The quantitative estimate of drug-likeness (QED) is 0.916. The van der Waals surface area contributed by atoms with E-state index < -0.39 is 5.60 Å². The van der Waals surface area contributed by atoms with Crippen molar-refractivity contribution in [2.75, 3.05) is 0 Å². The number of hydrogen-bond donors (Lipinski definition) is 1. The first-order chi connectivity index (χ1) is 9.33. The molecule has 0 aliphatic heterocycles. The van der Waals surface area contributed by atoms with Crippen molar-refractivity contribution in [2.45, 2.75) is 39.7 Å². The number of pyridine rings is 1. The lowest BCUT2D eigenvalue weighted by Crippen LogP contribution is -2.43. The zero-order valence-corrected chi connectivity index (χ0v) is 12.5. The highest BCUT2D eigenvalue weighted by Gasteiger charge is 2.35. The Hall–Kier alpha value is -1.48. The normalized spacial score (nSPS) is 12.6. The SMILES string of the molecule is CC(C)C(O)(Cc1ccc2cc(F)ccc2n1)C(C)C. The molecule has 2 rings (SSSR count). The fourth-order valence-corrected chi connectivity index (χ4v) is 2.60. The smallest absolute Gasteiger partial charge is 0.123 e. The molecule has 1 aromatic carbocycles. The van der Waals surface area contributed by atoms with Crippen molar-refractivity contribution in [2.24, 2.45) is 11.8 Å². The minimum Gasteiger partial charge on any atom is -0.389 e. The first-order valence-corrected chi connectivity index (χ1v) is 7.10. The Bertz CT molecular complexity index is 599. The number of aliphatic hydroxyl groups is 1. The number of halogens is 1. The van der Waals surface area contributed by atoms with Gasteiger partial charge in [-0.05, 0) is 36.1 Å². The monoisotopic (exact) mass is 275 g/mol. The van der Waals surface area contributed by atoms with E-state index in [1.165, 1.54) is 12.1 Å². The minimum atomic E-state index is -0.777. The molecule has 0 bridgehead atoms. The van der Waals surface area contributed by atoms with Crippen molar-refractivity contribution in [3.05, 3.63) is 41.8 Å². The van der Waals surface area contributed by atoms with Crippen molar-refractivity contribution in [1.82, 2.24) is 4.98 Å². The van der Waals surface area contributed by atoms with Crippen LogP contribution in [0.1, 0.15) is 33.4 Å². The van der Waals surface area contributed by atoms with E-state index in [-0.39, 0.29) is 17.7 Å². The molecule has 0 atom stereocenters. The Morgan fingerprint density at radius 3 is 2.35 bits per heavy atom. The topological polar surface area (TPSA) is 33.1 Å². The van der Waals surface area contributed by atoms with Crippen molar-refractivity contribution in [1.29, 1.82) is 0 Å². The molecule has 2 aromatic rings. The van der Waals surface area contributed by atoms with Crippen LogP contribution < -0.4 is 0 Å². The molecule has 0 unspecified atom stereocenters. The lowest BCUT2D eigenvalue weighted by molar-refractivity contribution is -0.0469. The van der Waals surface area contributed by atoms with Gasteiger partial charge in [0.25, 0.3) is 0 Å². The number of fused-ring (bicyclic) bond motifs is 1. The highest BCUT2D eigenvalue weighted by Crippen LogP contribution is 2.30. The molecule has 1 N–H and O–H groups in total. The standard InChI is InChI=1S/C17H22FNO/c1-11(2)17(20,12(3)4)10-15-7-5-13-9-14(18)6-8-16(13)19-15/h5-9,11-12,20H,10H2,1-4H3. The molecule has 20 heavy (non-hydrogen) atoms. The predicted octanol–water partition coefficient (Wildman–Crippen LogP) is 3.96. The summed E-state index contributed by atoms with van der Waals surface area (Å²) >= 11 is 0. The lowest BCUT2D eigenvalue weighted by Gasteiger charge is -2.36. The van der Waals surface area contributed by atoms with Crippen LogP contribution in [0.2, 0.25) is 0 Å². The number of benzene rings is 1. The second-order valence-corrected chi connectivity index (χ2v) is 6.12. The largest absolute Gasteiger partial charge is 0.389 e. The molecule has 108 valence electrons. The highest BCUT2D eigenvalue weighted by molar-refractivity contribution is 5.78. The van der Waals surface area contributed by atoms with Crippen molar-refractivity contribution >= 4 is 10.9 Å². The summed E-state index contributed by atoms with van der Waals surface area (Å²) in [6.45, 7) is 8.10. The molecule has 0 aliphatic rings. The van der Waals surface area contributed by atoms with Crippen LogP contribution >= 0.6 is 0 Å². The van der Waals surface area contributed by atoms with Gasteiger partial charge in [-0.15, -0.1) is 0 Å². The van der Waals surface area contributed by atoms with Gasteiger partial charge >= 0.3 is 0 Å². The fraction of sp³-hybridized carbons (Fsp3) is 0.471. The molecule has 3 heteroatoms. The van der Waals surface area contributed by atoms with Crippen LogP contribution in [-0.4, -0.2) is 15.7 Å². The van der Waals surface area contributed by atoms with Gasteiger partial charge in [-0.3, -0.25) is 4.98 Å². The summed E-state index contributed by atoms with van der Waals surface area (Å²) in [6, 6.07) is 8.30. The number of rotatable bonds is 4. The van der Waals surface area contributed by atoms with Crippen LogP contribution in [0.25, 0.3) is 10.9 Å². The summed E-state index contributed by atoms with van der Waals surface area (Å²) in [4.78, 5) is 4.54. The summed E-state index contributed by atoms with van der Waals surface area (Å²) < 4.78 is 13.2. The Morgan fingerprint density at radius 1 is 1.10 bits per heavy atom. The van der Waals surface area contributed by atoms with Crippen LogP contribution in [0.5, 0.6) is 0 Å². The van der Waals surface area contributed by atoms with E-state index >= 15 is 0 Å².